The van der Waals surface area contributed by atoms with Crippen molar-refractivity contribution in [1.29, 1.82) is 0 Å². The Morgan fingerprint density at radius 3 is 1.79 bits per heavy atom. The molecule has 2 unspecified atom stereocenters. The molecule has 4 aliphatic rings. The molecule has 0 fully saturated rings. The fourth-order valence-electron chi connectivity index (χ4n) is 7.84. The van der Waals surface area contributed by atoms with Gasteiger partial charge in [-0.15, -0.1) is 0 Å². The Morgan fingerprint density at radius 1 is 0.651 bits per heavy atom. The van der Waals surface area contributed by atoms with Crippen LogP contribution in [0.3, 0.4) is 0 Å². The van der Waals surface area contributed by atoms with Crippen LogP contribution in [0, 0.1) is 11.8 Å². The summed E-state index contributed by atoms with van der Waals surface area (Å²) in [6.07, 6.45) is 16.9. The lowest BCUT2D eigenvalue weighted by Gasteiger charge is -2.21. The minimum Gasteiger partial charge on any atom is -0.393 e. The van der Waals surface area contributed by atoms with Gasteiger partial charge in [0.2, 0.25) is 0 Å². The molecular formula is C38H51N5. The molecule has 1 aromatic rings. The summed E-state index contributed by atoms with van der Waals surface area (Å²) < 4.78 is 0. The van der Waals surface area contributed by atoms with Gasteiger partial charge in [0.05, 0.1) is 28.5 Å². The summed E-state index contributed by atoms with van der Waals surface area (Å²) >= 11 is 0. The van der Waals surface area contributed by atoms with Crippen molar-refractivity contribution in [3.63, 3.8) is 0 Å². The minimum atomic E-state index is 0.347. The average Bonchev–Trinajstić information content (AvgIpc) is 3.74. The Labute approximate surface area is 259 Å². The molecule has 228 valence electrons. The van der Waals surface area contributed by atoms with Gasteiger partial charge in [-0.25, -0.2) is 9.98 Å². The summed E-state index contributed by atoms with van der Waals surface area (Å²) in [5, 5.41) is 3.37. The highest BCUT2D eigenvalue weighted by atomic mass is 14.9. The summed E-state index contributed by atoms with van der Waals surface area (Å²) in [7, 11) is 1.99. The Hall–Kier alpha value is -3.47. The molecule has 5 heterocycles. The second-order valence-electron chi connectivity index (χ2n) is 11.9. The number of allylic oxidation sites excluding steroid dienone is 7. The van der Waals surface area contributed by atoms with Crippen LogP contribution in [-0.4, -0.2) is 29.2 Å². The quantitative estimate of drug-likeness (QED) is 0.302. The number of fused-ring (bicyclic) bond motifs is 5. The van der Waals surface area contributed by atoms with Crippen LogP contribution in [0.2, 0.25) is 0 Å². The normalized spacial score (nSPS) is 22.6. The third-order valence-electron chi connectivity index (χ3n) is 9.83. The van der Waals surface area contributed by atoms with Gasteiger partial charge in [-0.2, -0.15) is 0 Å². The molecule has 5 rings (SSSR count). The summed E-state index contributed by atoms with van der Waals surface area (Å²) in [4.78, 5) is 20.1. The maximum absolute atomic E-state index is 5.49. The molecule has 5 nitrogen and oxygen atoms in total. The molecule has 8 bridgehead atoms. The van der Waals surface area contributed by atoms with E-state index in [2.05, 4.69) is 90.1 Å². The predicted molar refractivity (Wildman–Crippen MR) is 186 cm³/mol. The van der Waals surface area contributed by atoms with Crippen molar-refractivity contribution in [1.82, 2.24) is 10.3 Å². The van der Waals surface area contributed by atoms with E-state index in [0.29, 0.717) is 11.8 Å². The van der Waals surface area contributed by atoms with Crippen LogP contribution in [-0.2, 0) is 12.8 Å². The van der Waals surface area contributed by atoms with E-state index in [1.54, 1.807) is 0 Å². The topological polar surface area (TPSA) is 64.9 Å². The van der Waals surface area contributed by atoms with Crippen molar-refractivity contribution in [2.45, 2.75) is 107 Å². The van der Waals surface area contributed by atoms with Gasteiger partial charge in [0.25, 0.3) is 0 Å². The summed E-state index contributed by atoms with van der Waals surface area (Å²) in [5.41, 5.74) is 18.4. The Kier molecular flexibility index (Phi) is 9.39. The molecule has 4 aliphatic heterocycles. The first-order valence-electron chi connectivity index (χ1n) is 16.9. The van der Waals surface area contributed by atoms with E-state index in [9.17, 15) is 0 Å². The van der Waals surface area contributed by atoms with Crippen LogP contribution in [0.25, 0.3) is 12.2 Å². The number of hydrogen-bond acceptors (Lipinski definition) is 4. The Morgan fingerprint density at radius 2 is 1.23 bits per heavy atom. The number of nitrogens with zero attached hydrogens (tertiary/aromatic N) is 3. The van der Waals surface area contributed by atoms with E-state index in [-0.39, 0.29) is 0 Å². The maximum atomic E-state index is 5.49. The number of hydrogen-bond donors (Lipinski definition) is 2. The lowest BCUT2D eigenvalue weighted by atomic mass is 9.80. The third-order valence-corrected chi connectivity index (χ3v) is 9.83. The van der Waals surface area contributed by atoms with Crippen molar-refractivity contribution >= 4 is 29.3 Å². The van der Waals surface area contributed by atoms with Crippen molar-refractivity contribution in [3.8, 4) is 0 Å². The zero-order chi connectivity index (χ0) is 30.8. The average molecular weight is 578 g/mol. The first kappa shape index (κ1) is 31.0. The zero-order valence-electron chi connectivity index (χ0n) is 28.0. The molecule has 2 N–H and O–H groups in total. The first-order valence-corrected chi connectivity index (χ1v) is 16.9. The number of aliphatic imine (C=N–C) groups is 3. The Bertz CT molecular complexity index is 1570. The van der Waals surface area contributed by atoms with Gasteiger partial charge in [-0.3, -0.25) is 4.99 Å². The van der Waals surface area contributed by atoms with Gasteiger partial charge in [0, 0.05) is 47.7 Å². The minimum absolute atomic E-state index is 0.347. The van der Waals surface area contributed by atoms with Crippen LogP contribution in [0.1, 0.15) is 116 Å². The van der Waals surface area contributed by atoms with Gasteiger partial charge in [-0.1, -0.05) is 55.4 Å². The largest absolute Gasteiger partial charge is 0.393 e. The van der Waals surface area contributed by atoms with Crippen molar-refractivity contribution in [2.24, 2.45) is 26.8 Å². The van der Waals surface area contributed by atoms with Crippen LogP contribution in [0.5, 0.6) is 0 Å². The fraction of sp³-hybridized carbons (Fsp3) is 0.500. The summed E-state index contributed by atoms with van der Waals surface area (Å²) in [6, 6.07) is 0. The van der Waals surface area contributed by atoms with E-state index in [1.165, 1.54) is 56.2 Å². The molecule has 2 atom stereocenters. The monoisotopic (exact) mass is 577 g/mol. The zero-order valence-corrected chi connectivity index (χ0v) is 28.0. The van der Waals surface area contributed by atoms with Gasteiger partial charge in [0.1, 0.15) is 0 Å². The lowest BCUT2D eigenvalue weighted by molar-refractivity contribution is 0.475. The van der Waals surface area contributed by atoms with Crippen LogP contribution in [0.4, 0.5) is 0 Å². The van der Waals surface area contributed by atoms with Crippen LogP contribution >= 0.6 is 0 Å². The summed E-state index contributed by atoms with van der Waals surface area (Å²) in [5.74, 6) is 0.718. The molecule has 0 radical (unpaired) electrons. The molecule has 0 saturated carbocycles. The standard InChI is InChI=1S/C38H51N5/c1-10-22-24(12-3)33-19-35-26(14-5)28(16-7)37(42-35)30(21-39-9)38-29(17-8)27(15-6)36(43-38)20-34-25(13-4)23(11-2)32(41-34)18-31(22)40-33/h18-21,26,28,39-40H,10-17H2,1-9H3. The highest BCUT2D eigenvalue weighted by Crippen LogP contribution is 2.43. The number of aromatic amines is 1. The SMILES string of the molecule is CCC1=C(CC)C2=NC1=Cc1[nH]c(c(CC)c1CC)C=C1N=C(C(=CNC)C3=NC(=C2)C(CC)=C3CC)C(CC)C1CC. The summed E-state index contributed by atoms with van der Waals surface area (Å²) in [6.45, 7) is 18.2. The van der Waals surface area contributed by atoms with Crippen molar-refractivity contribution in [2.75, 3.05) is 7.05 Å². The Balaban J connectivity index is 1.89. The molecule has 0 amide bonds. The maximum Gasteiger partial charge on any atom is 0.0777 e. The van der Waals surface area contributed by atoms with E-state index in [1.807, 2.05) is 7.05 Å². The number of aromatic nitrogens is 1. The number of rotatable bonds is 9. The molecular weight excluding hydrogens is 526 g/mol. The van der Waals surface area contributed by atoms with Gasteiger partial charge in [0.15, 0.2) is 0 Å². The van der Waals surface area contributed by atoms with E-state index in [4.69, 9.17) is 15.0 Å². The predicted octanol–water partition coefficient (Wildman–Crippen LogP) is 9.47. The van der Waals surface area contributed by atoms with Gasteiger partial charge < -0.3 is 10.3 Å². The highest BCUT2D eigenvalue weighted by Gasteiger charge is 2.38. The van der Waals surface area contributed by atoms with E-state index < -0.39 is 0 Å². The smallest absolute Gasteiger partial charge is 0.0777 e. The molecule has 0 aromatic carbocycles. The van der Waals surface area contributed by atoms with Gasteiger partial charge >= 0.3 is 0 Å². The molecule has 43 heavy (non-hydrogen) atoms. The van der Waals surface area contributed by atoms with Crippen LogP contribution in [0.15, 0.2) is 72.2 Å². The molecule has 5 heteroatoms. The molecule has 1 aromatic heterocycles. The lowest BCUT2D eigenvalue weighted by Crippen LogP contribution is -2.24. The third kappa shape index (κ3) is 5.19. The fourth-order valence-corrected chi connectivity index (χ4v) is 7.84. The highest BCUT2D eigenvalue weighted by molar-refractivity contribution is 6.33. The molecule has 0 aliphatic carbocycles. The first-order chi connectivity index (χ1) is 20.9. The number of H-pyrrole nitrogens is 1. The second kappa shape index (κ2) is 13.0. The molecule has 0 saturated heterocycles. The molecule has 0 spiro atoms. The van der Waals surface area contributed by atoms with E-state index in [0.717, 1.165) is 79.8 Å². The number of nitrogens with one attached hydrogen (secondary N) is 2. The second-order valence-corrected chi connectivity index (χ2v) is 11.9. The van der Waals surface area contributed by atoms with Crippen LogP contribution < -0.4 is 5.32 Å². The van der Waals surface area contributed by atoms with Crippen molar-refractivity contribution < 1.29 is 0 Å². The van der Waals surface area contributed by atoms with Crippen molar-refractivity contribution in [3.05, 3.63) is 79.7 Å². The van der Waals surface area contributed by atoms with Gasteiger partial charge in [-0.05, 0) is 103 Å². The van der Waals surface area contributed by atoms with E-state index >= 15 is 0 Å².